The first-order chi connectivity index (χ1) is 14.0. The van der Waals surface area contributed by atoms with Gasteiger partial charge >= 0.3 is 0 Å². The average Bonchev–Trinajstić information content (AvgIpc) is 3.09. The molecule has 7 nitrogen and oxygen atoms in total. The van der Waals surface area contributed by atoms with E-state index in [-0.39, 0.29) is 35.1 Å². The van der Waals surface area contributed by atoms with Crippen LogP contribution in [0.25, 0.3) is 11.3 Å². The zero-order chi connectivity index (χ0) is 20.7. The Bertz CT molecular complexity index is 984. The molecule has 4 rings (SSSR count). The Balaban J connectivity index is 1.75. The van der Waals surface area contributed by atoms with Crippen molar-refractivity contribution in [3.63, 3.8) is 0 Å². The molecule has 2 fully saturated rings. The second-order valence-electron chi connectivity index (χ2n) is 7.70. The maximum absolute atomic E-state index is 12.4. The first-order valence-corrected chi connectivity index (χ1v) is 10.4. The van der Waals surface area contributed by atoms with Gasteiger partial charge in [-0.1, -0.05) is 23.7 Å². The van der Waals surface area contributed by atoms with Crippen LogP contribution in [0.2, 0.25) is 5.02 Å². The van der Waals surface area contributed by atoms with Crippen molar-refractivity contribution < 1.29 is 4.79 Å². The molecule has 0 spiro atoms. The van der Waals surface area contributed by atoms with Gasteiger partial charge in [0, 0.05) is 36.1 Å². The number of amides is 1. The molecule has 9 heteroatoms. The molecule has 1 aliphatic carbocycles. The Labute approximate surface area is 179 Å². The van der Waals surface area contributed by atoms with Gasteiger partial charge in [0.1, 0.15) is 6.07 Å². The van der Waals surface area contributed by atoms with Gasteiger partial charge in [0.05, 0.1) is 28.4 Å². The molecule has 5 atom stereocenters. The van der Waals surface area contributed by atoms with Crippen LogP contribution in [0.3, 0.4) is 0 Å². The van der Waals surface area contributed by atoms with E-state index in [0.29, 0.717) is 23.6 Å². The number of alkyl halides is 1. The van der Waals surface area contributed by atoms with Crippen molar-refractivity contribution in [3.05, 3.63) is 40.5 Å². The number of nitrogens with one attached hydrogen (secondary N) is 2. The first kappa shape index (κ1) is 20.2. The molecule has 1 saturated carbocycles. The second kappa shape index (κ2) is 7.96. The lowest BCUT2D eigenvalue weighted by molar-refractivity contribution is -0.133. The Morgan fingerprint density at radius 1 is 1.41 bits per heavy atom. The van der Waals surface area contributed by atoms with Crippen LogP contribution in [0.1, 0.15) is 29.9 Å². The Kier molecular flexibility index (Phi) is 5.54. The number of aromatic nitrogens is 2. The van der Waals surface area contributed by atoms with E-state index in [1.165, 1.54) is 0 Å². The number of nitrogens with zero attached hydrogens (tertiary/aromatic N) is 3. The van der Waals surface area contributed by atoms with Crippen molar-refractivity contribution in [1.82, 2.24) is 20.6 Å². The highest BCUT2D eigenvalue weighted by molar-refractivity contribution is 6.32. The van der Waals surface area contributed by atoms with Crippen molar-refractivity contribution in [3.8, 4) is 17.3 Å². The minimum absolute atomic E-state index is 0.0258. The van der Waals surface area contributed by atoms with Gasteiger partial charge in [-0.25, -0.2) is 5.43 Å². The molecule has 1 aromatic heterocycles. The quantitative estimate of drug-likeness (QED) is 0.644. The number of hydrazine groups is 1. The maximum Gasteiger partial charge on any atom is 0.239 e. The summed E-state index contributed by atoms with van der Waals surface area (Å²) >= 11 is 13.0. The van der Waals surface area contributed by atoms with Crippen LogP contribution < -0.4 is 16.6 Å². The summed E-state index contributed by atoms with van der Waals surface area (Å²) in [6.07, 6.45) is 3.24. The summed E-state index contributed by atoms with van der Waals surface area (Å²) in [5.74, 6) is -0.234. The summed E-state index contributed by atoms with van der Waals surface area (Å²) in [7, 11) is 1.85. The van der Waals surface area contributed by atoms with E-state index in [4.69, 9.17) is 28.9 Å². The number of benzene rings is 1. The molecule has 1 aliphatic heterocycles. The maximum atomic E-state index is 12.4. The second-order valence-corrected chi connectivity index (χ2v) is 8.66. The van der Waals surface area contributed by atoms with E-state index in [1.54, 1.807) is 10.7 Å². The van der Waals surface area contributed by atoms with Crippen LogP contribution in [0.4, 0.5) is 0 Å². The largest absolute Gasteiger partial charge is 0.329 e. The molecule has 0 radical (unpaired) electrons. The molecule has 1 aromatic carbocycles. The lowest BCUT2D eigenvalue weighted by atomic mass is 9.67. The predicted octanol–water partition coefficient (Wildman–Crippen LogP) is 2.29. The van der Waals surface area contributed by atoms with E-state index < -0.39 is 0 Å². The highest BCUT2D eigenvalue weighted by Crippen LogP contribution is 2.47. The molecule has 1 saturated heterocycles. The Morgan fingerprint density at radius 2 is 2.21 bits per heavy atom. The first-order valence-electron chi connectivity index (χ1n) is 9.56. The summed E-state index contributed by atoms with van der Waals surface area (Å²) < 4.78 is 1.77. The fourth-order valence-electron chi connectivity index (χ4n) is 4.79. The summed E-state index contributed by atoms with van der Waals surface area (Å²) in [6.45, 7) is 0.407. The van der Waals surface area contributed by atoms with E-state index in [9.17, 15) is 10.1 Å². The van der Waals surface area contributed by atoms with Gasteiger partial charge in [-0.05, 0) is 30.7 Å². The molecule has 2 aromatic rings. The third kappa shape index (κ3) is 3.40. The highest BCUT2D eigenvalue weighted by Gasteiger charge is 2.47. The predicted molar refractivity (Wildman–Crippen MR) is 111 cm³/mol. The van der Waals surface area contributed by atoms with Crippen LogP contribution >= 0.6 is 23.2 Å². The number of carbonyl (C=O) groups is 1. The number of rotatable bonds is 3. The van der Waals surface area contributed by atoms with Crippen molar-refractivity contribution >= 4 is 29.1 Å². The van der Waals surface area contributed by atoms with Crippen molar-refractivity contribution in [1.29, 1.82) is 5.26 Å². The molecule has 2 aliphatic rings. The number of hydrogen-bond donors (Lipinski definition) is 3. The van der Waals surface area contributed by atoms with Gasteiger partial charge in [0.2, 0.25) is 5.91 Å². The van der Waals surface area contributed by atoms with Crippen molar-refractivity contribution in [2.24, 2.45) is 24.6 Å². The van der Waals surface area contributed by atoms with Crippen LogP contribution in [-0.4, -0.2) is 33.7 Å². The number of hydrogen-bond acceptors (Lipinski definition) is 5. The minimum Gasteiger partial charge on any atom is -0.329 e. The number of nitriles is 1. The number of carbonyl (C=O) groups excluding carboxylic acids is 1. The Hall–Kier alpha value is -2.11. The summed E-state index contributed by atoms with van der Waals surface area (Å²) in [4.78, 5) is 12.4. The number of nitrogens with two attached hydrogens (primary N) is 1. The van der Waals surface area contributed by atoms with Gasteiger partial charge in [0.15, 0.2) is 0 Å². The number of fused-ring (bicyclic) bond motifs is 1. The molecule has 152 valence electrons. The van der Waals surface area contributed by atoms with E-state index >= 15 is 0 Å². The summed E-state index contributed by atoms with van der Waals surface area (Å²) in [5.41, 5.74) is 14.7. The van der Waals surface area contributed by atoms with E-state index in [1.807, 2.05) is 25.4 Å². The molecule has 0 bridgehead atoms. The molecule has 5 unspecified atom stereocenters. The third-order valence-corrected chi connectivity index (χ3v) is 6.92. The van der Waals surface area contributed by atoms with Gasteiger partial charge in [-0.15, -0.1) is 11.6 Å². The standard InChI is InChI=1S/C20H22Cl2N6O/c1-28-19(11-3-2-4-15(21)13(11)7-23)14(9-25-28)10-5-12-17(8-24)26-27-20(29)18(12)16(22)6-10/h2-4,9-10,12,16-18,26H,5-6,8,24H2,1H3,(H,27,29). The summed E-state index contributed by atoms with van der Waals surface area (Å²) in [5, 5.41) is 14.2. The molecule has 1 amide bonds. The SMILES string of the molecule is Cn1ncc(C2CC(Cl)C3C(=O)NNC(CN)C3C2)c1-c1cccc(Cl)c1C#N. The molecular weight excluding hydrogens is 411 g/mol. The lowest BCUT2D eigenvalue weighted by Crippen LogP contribution is -2.64. The van der Waals surface area contributed by atoms with Crippen LogP contribution in [0.5, 0.6) is 0 Å². The number of halogens is 2. The van der Waals surface area contributed by atoms with Gasteiger partial charge in [0.25, 0.3) is 0 Å². The van der Waals surface area contributed by atoms with Crippen molar-refractivity contribution in [2.45, 2.75) is 30.2 Å². The number of aryl methyl sites for hydroxylation is 1. The zero-order valence-corrected chi connectivity index (χ0v) is 17.4. The van der Waals surface area contributed by atoms with Crippen molar-refractivity contribution in [2.75, 3.05) is 6.54 Å². The molecule has 2 heterocycles. The summed E-state index contributed by atoms with van der Waals surface area (Å²) in [6, 6.07) is 7.59. The van der Waals surface area contributed by atoms with E-state index in [2.05, 4.69) is 22.0 Å². The van der Waals surface area contributed by atoms with Gasteiger partial charge < -0.3 is 5.73 Å². The molecular formula is C20H22Cl2N6O. The van der Waals surface area contributed by atoms with Gasteiger partial charge in [-0.3, -0.25) is 14.9 Å². The molecule has 29 heavy (non-hydrogen) atoms. The average molecular weight is 433 g/mol. The topological polar surface area (TPSA) is 109 Å². The zero-order valence-electron chi connectivity index (χ0n) is 15.9. The monoisotopic (exact) mass is 432 g/mol. The van der Waals surface area contributed by atoms with Crippen LogP contribution in [-0.2, 0) is 11.8 Å². The van der Waals surface area contributed by atoms with Gasteiger partial charge in [-0.2, -0.15) is 10.4 Å². The highest BCUT2D eigenvalue weighted by atomic mass is 35.5. The smallest absolute Gasteiger partial charge is 0.239 e. The normalized spacial score (nSPS) is 29.1. The van der Waals surface area contributed by atoms with E-state index in [0.717, 1.165) is 23.2 Å². The fraction of sp³-hybridized carbons (Fsp3) is 0.450. The van der Waals surface area contributed by atoms with Crippen LogP contribution in [0.15, 0.2) is 24.4 Å². The Morgan fingerprint density at radius 3 is 2.93 bits per heavy atom. The lowest BCUT2D eigenvalue weighted by Gasteiger charge is -2.45. The third-order valence-electron chi connectivity index (χ3n) is 6.16. The molecule has 4 N–H and O–H groups in total. The van der Waals surface area contributed by atoms with Crippen LogP contribution in [0, 0.1) is 23.2 Å². The minimum atomic E-state index is -0.308. The fourth-order valence-corrected chi connectivity index (χ4v) is 5.52.